The lowest BCUT2D eigenvalue weighted by atomic mass is 10.0. The van der Waals surface area contributed by atoms with Gasteiger partial charge in [0.2, 0.25) is 0 Å². The third-order valence-electron chi connectivity index (χ3n) is 6.04. The number of rotatable bonds is 24. The smallest absolute Gasteiger partial charge is 0.160 e. The van der Waals surface area contributed by atoms with E-state index in [1.54, 1.807) is 0 Å². The minimum absolute atomic E-state index is 0.134. The summed E-state index contributed by atoms with van der Waals surface area (Å²) in [5.74, 6) is 0.134. The monoisotopic (exact) mass is 446 g/mol. The summed E-state index contributed by atoms with van der Waals surface area (Å²) in [4.78, 5) is 11.8. The van der Waals surface area contributed by atoms with Crippen LogP contribution < -0.4 is 0 Å². The number of ketones is 1. The zero-order valence-corrected chi connectivity index (χ0v) is 21.0. The quantitative estimate of drug-likeness (QED) is 0.149. The Morgan fingerprint density at radius 3 is 1.66 bits per heavy atom. The van der Waals surface area contributed by atoms with Gasteiger partial charge >= 0.3 is 0 Å². The fourth-order valence-electron chi connectivity index (χ4n) is 3.96. The Morgan fingerprint density at radius 1 is 0.625 bits per heavy atom. The molecular weight excluding hydrogens is 396 g/mol. The van der Waals surface area contributed by atoms with Crippen LogP contribution in [0.15, 0.2) is 30.3 Å². The van der Waals surface area contributed by atoms with Crippen molar-refractivity contribution in [2.75, 3.05) is 19.8 Å². The number of carbonyl (C=O) groups is 1. The highest BCUT2D eigenvalue weighted by Crippen LogP contribution is 2.13. The summed E-state index contributed by atoms with van der Waals surface area (Å²) in [7, 11) is 0. The van der Waals surface area contributed by atoms with Gasteiger partial charge in [0, 0.05) is 13.0 Å². The molecule has 0 aliphatic carbocycles. The second kappa shape index (κ2) is 23.0. The molecule has 184 valence electrons. The van der Waals surface area contributed by atoms with Crippen LogP contribution in [0.5, 0.6) is 0 Å². The zero-order chi connectivity index (χ0) is 23.0. The van der Waals surface area contributed by atoms with Gasteiger partial charge in [0.1, 0.15) is 6.61 Å². The molecule has 3 heteroatoms. The molecule has 0 atom stereocenters. The molecule has 1 aromatic rings. The van der Waals surface area contributed by atoms with E-state index in [9.17, 15) is 4.79 Å². The van der Waals surface area contributed by atoms with E-state index >= 15 is 0 Å². The van der Waals surface area contributed by atoms with Crippen molar-refractivity contribution in [1.82, 2.24) is 0 Å². The Labute approximate surface area is 198 Å². The van der Waals surface area contributed by atoms with E-state index in [0.717, 1.165) is 12.0 Å². The van der Waals surface area contributed by atoms with Gasteiger partial charge in [-0.2, -0.15) is 0 Å². The number of benzene rings is 1. The predicted molar refractivity (Wildman–Crippen MR) is 136 cm³/mol. The van der Waals surface area contributed by atoms with Crippen molar-refractivity contribution in [3.63, 3.8) is 0 Å². The molecule has 0 amide bonds. The highest BCUT2D eigenvalue weighted by atomic mass is 16.5. The maximum atomic E-state index is 11.8. The Bertz CT molecular complexity index is 514. The van der Waals surface area contributed by atoms with Crippen molar-refractivity contribution in [2.24, 2.45) is 0 Å². The average Bonchev–Trinajstić information content (AvgIpc) is 2.82. The molecule has 0 aliphatic heterocycles. The van der Waals surface area contributed by atoms with Gasteiger partial charge in [-0.05, 0) is 12.0 Å². The first-order chi connectivity index (χ1) is 15.8. The lowest BCUT2D eigenvalue weighted by Crippen LogP contribution is -2.12. The van der Waals surface area contributed by atoms with Crippen LogP contribution in [-0.2, 0) is 20.9 Å². The van der Waals surface area contributed by atoms with Crippen molar-refractivity contribution in [2.45, 2.75) is 123 Å². The van der Waals surface area contributed by atoms with E-state index < -0.39 is 0 Å². The van der Waals surface area contributed by atoms with Crippen LogP contribution >= 0.6 is 0 Å². The van der Waals surface area contributed by atoms with Gasteiger partial charge in [0.25, 0.3) is 0 Å². The molecule has 0 fully saturated rings. The number of ether oxygens (including phenoxy) is 2. The topological polar surface area (TPSA) is 35.5 Å². The molecule has 0 N–H and O–H groups in total. The van der Waals surface area contributed by atoms with Gasteiger partial charge in [-0.15, -0.1) is 0 Å². The third-order valence-corrected chi connectivity index (χ3v) is 6.04. The minimum atomic E-state index is 0.134. The molecule has 0 radical (unpaired) electrons. The summed E-state index contributed by atoms with van der Waals surface area (Å²) in [5, 5.41) is 0. The standard InChI is InChI=1S/C29H50O3/c1-2-3-4-5-6-7-8-9-10-11-12-13-14-15-16-20-24-31-27-29(30)23-25-32-26-28-21-18-17-19-22-28/h17-19,21-22H,2-16,20,23-27H2,1H3. The van der Waals surface area contributed by atoms with Gasteiger partial charge in [-0.1, -0.05) is 134 Å². The number of carbonyl (C=O) groups excluding carboxylic acids is 1. The average molecular weight is 447 g/mol. The van der Waals surface area contributed by atoms with Crippen LogP contribution in [0, 0.1) is 0 Å². The van der Waals surface area contributed by atoms with Crippen LogP contribution in [-0.4, -0.2) is 25.6 Å². The first-order valence-electron chi connectivity index (χ1n) is 13.5. The second-order valence-corrected chi connectivity index (χ2v) is 9.18. The summed E-state index contributed by atoms with van der Waals surface area (Å²) in [6.07, 6.45) is 22.4. The molecule has 0 aliphatic rings. The molecule has 32 heavy (non-hydrogen) atoms. The van der Waals surface area contributed by atoms with Gasteiger partial charge in [0.05, 0.1) is 13.2 Å². The number of hydrogen-bond acceptors (Lipinski definition) is 3. The van der Waals surface area contributed by atoms with Crippen molar-refractivity contribution < 1.29 is 14.3 Å². The van der Waals surface area contributed by atoms with Crippen molar-refractivity contribution >= 4 is 5.78 Å². The highest BCUT2D eigenvalue weighted by molar-refractivity contribution is 5.79. The summed E-state index contributed by atoms with van der Waals surface area (Å²) >= 11 is 0. The molecule has 0 saturated heterocycles. The van der Waals surface area contributed by atoms with Gasteiger partial charge < -0.3 is 9.47 Å². The largest absolute Gasteiger partial charge is 0.376 e. The molecule has 0 bridgehead atoms. The lowest BCUT2D eigenvalue weighted by Gasteiger charge is -2.06. The van der Waals surface area contributed by atoms with Crippen LogP contribution in [0.3, 0.4) is 0 Å². The van der Waals surface area contributed by atoms with E-state index in [2.05, 4.69) is 6.92 Å². The fourth-order valence-corrected chi connectivity index (χ4v) is 3.96. The van der Waals surface area contributed by atoms with Crippen molar-refractivity contribution in [1.29, 1.82) is 0 Å². The van der Waals surface area contributed by atoms with Crippen LogP contribution in [0.2, 0.25) is 0 Å². The third kappa shape index (κ3) is 19.5. The lowest BCUT2D eigenvalue weighted by molar-refractivity contribution is -0.124. The van der Waals surface area contributed by atoms with Crippen LogP contribution in [0.4, 0.5) is 0 Å². The fraction of sp³-hybridized carbons (Fsp3) is 0.759. The Kier molecular flexibility index (Phi) is 20.7. The number of Topliss-reactive ketones (excluding diaryl/α,β-unsaturated/α-hetero) is 1. The zero-order valence-electron chi connectivity index (χ0n) is 21.0. The molecule has 0 unspecified atom stereocenters. The van der Waals surface area contributed by atoms with Gasteiger partial charge in [0.15, 0.2) is 5.78 Å². The SMILES string of the molecule is CCCCCCCCCCCCCCCCCCOCC(=O)CCOCc1ccccc1. The van der Waals surface area contributed by atoms with Crippen LogP contribution in [0.1, 0.15) is 122 Å². The first-order valence-corrected chi connectivity index (χ1v) is 13.5. The molecule has 1 rings (SSSR count). The van der Waals surface area contributed by atoms with Crippen molar-refractivity contribution in [3.8, 4) is 0 Å². The second-order valence-electron chi connectivity index (χ2n) is 9.18. The van der Waals surface area contributed by atoms with E-state index in [0.29, 0.717) is 26.2 Å². The number of hydrogen-bond donors (Lipinski definition) is 0. The molecule has 0 spiro atoms. The molecule has 1 aromatic carbocycles. The first kappa shape index (κ1) is 28.8. The molecule has 3 nitrogen and oxygen atoms in total. The van der Waals surface area contributed by atoms with Crippen LogP contribution in [0.25, 0.3) is 0 Å². The van der Waals surface area contributed by atoms with E-state index in [4.69, 9.17) is 9.47 Å². The Hall–Kier alpha value is -1.19. The molecule has 0 saturated carbocycles. The maximum Gasteiger partial charge on any atom is 0.160 e. The van der Waals surface area contributed by atoms with E-state index in [1.807, 2.05) is 30.3 Å². The Balaban J connectivity index is 1.72. The van der Waals surface area contributed by atoms with Gasteiger partial charge in [-0.25, -0.2) is 0 Å². The van der Waals surface area contributed by atoms with Gasteiger partial charge in [-0.3, -0.25) is 4.79 Å². The Morgan fingerprint density at radius 2 is 1.12 bits per heavy atom. The summed E-state index contributed by atoms with van der Waals surface area (Å²) in [5.41, 5.74) is 1.14. The highest BCUT2D eigenvalue weighted by Gasteiger charge is 2.02. The summed E-state index contributed by atoms with van der Waals surface area (Å²) < 4.78 is 11.1. The van der Waals surface area contributed by atoms with E-state index in [-0.39, 0.29) is 12.4 Å². The minimum Gasteiger partial charge on any atom is -0.376 e. The molecule has 0 heterocycles. The normalized spacial score (nSPS) is 11.2. The molecular formula is C29H50O3. The molecule has 0 aromatic heterocycles. The summed E-state index contributed by atoms with van der Waals surface area (Å²) in [6.45, 7) is 4.25. The van der Waals surface area contributed by atoms with E-state index in [1.165, 1.54) is 96.3 Å². The maximum absolute atomic E-state index is 11.8. The number of unbranched alkanes of at least 4 members (excludes halogenated alkanes) is 15. The summed E-state index contributed by atoms with van der Waals surface area (Å²) in [6, 6.07) is 10.0. The predicted octanol–water partition coefficient (Wildman–Crippen LogP) is 8.44. The van der Waals surface area contributed by atoms with Crippen molar-refractivity contribution in [3.05, 3.63) is 35.9 Å².